The Balaban J connectivity index is 2.08. The van der Waals surface area contributed by atoms with Gasteiger partial charge in [-0.2, -0.15) is 9.64 Å². The molecule has 0 amide bonds. The first-order valence-corrected chi connectivity index (χ1v) is 5.59. The molecule has 0 aliphatic heterocycles. The van der Waals surface area contributed by atoms with Gasteiger partial charge in [0.1, 0.15) is 16.6 Å². The van der Waals surface area contributed by atoms with Crippen LogP contribution in [0.5, 0.6) is 0 Å². The quantitative estimate of drug-likeness (QED) is 0.864. The number of rotatable bonds is 3. The van der Waals surface area contributed by atoms with Crippen LogP contribution in [0.3, 0.4) is 0 Å². The molecule has 0 unspecified atom stereocenters. The molecule has 74 valence electrons. The van der Waals surface area contributed by atoms with Crippen LogP contribution in [-0.4, -0.2) is 10.9 Å². The molecule has 0 spiro atoms. The summed E-state index contributed by atoms with van der Waals surface area (Å²) in [4.78, 5) is 0.569. The number of nitriles is 1. The lowest BCUT2D eigenvalue weighted by Gasteiger charge is -2.09. The van der Waals surface area contributed by atoms with Crippen molar-refractivity contribution in [1.82, 2.24) is 4.37 Å². The summed E-state index contributed by atoms with van der Waals surface area (Å²) >= 11 is 7.00. The number of hydrogen-bond donors (Lipinski definition) is 1. The Labute approximate surface area is 91.9 Å². The standard InChI is InChI=1S/C9H10ClN3S/c1-9(2-3-9)5-12-7-6(4-11)14-13-8(7)10/h12H,2-3,5H2,1H3. The average molecular weight is 228 g/mol. The molecular formula is C9H10ClN3S. The SMILES string of the molecule is CC1(CNc2c(Cl)nsc2C#N)CC1. The van der Waals surface area contributed by atoms with Crippen LogP contribution in [0.1, 0.15) is 24.6 Å². The molecule has 0 radical (unpaired) electrons. The molecule has 14 heavy (non-hydrogen) atoms. The van der Waals surface area contributed by atoms with E-state index in [-0.39, 0.29) is 0 Å². The van der Waals surface area contributed by atoms with Crippen LogP contribution in [0.4, 0.5) is 5.69 Å². The Hall–Kier alpha value is -0.790. The molecule has 2 rings (SSSR count). The Morgan fingerprint density at radius 1 is 1.71 bits per heavy atom. The molecule has 1 N–H and O–H groups in total. The van der Waals surface area contributed by atoms with Gasteiger partial charge >= 0.3 is 0 Å². The number of nitrogens with one attached hydrogen (secondary N) is 1. The summed E-state index contributed by atoms with van der Waals surface area (Å²) < 4.78 is 3.93. The van der Waals surface area contributed by atoms with E-state index in [1.165, 1.54) is 12.8 Å². The smallest absolute Gasteiger partial charge is 0.167 e. The van der Waals surface area contributed by atoms with Crippen LogP contribution < -0.4 is 5.32 Å². The molecule has 1 fully saturated rings. The van der Waals surface area contributed by atoms with Crippen molar-refractivity contribution in [3.8, 4) is 6.07 Å². The van der Waals surface area contributed by atoms with E-state index in [4.69, 9.17) is 16.9 Å². The third-order valence-electron chi connectivity index (χ3n) is 2.55. The lowest BCUT2D eigenvalue weighted by Crippen LogP contribution is -2.12. The zero-order chi connectivity index (χ0) is 10.2. The Morgan fingerprint density at radius 3 is 3.00 bits per heavy atom. The molecule has 0 saturated heterocycles. The summed E-state index contributed by atoms with van der Waals surface area (Å²) in [6.07, 6.45) is 2.49. The summed E-state index contributed by atoms with van der Waals surface area (Å²) in [5.41, 5.74) is 1.10. The van der Waals surface area contributed by atoms with E-state index in [9.17, 15) is 0 Å². The minimum absolute atomic E-state index is 0.401. The van der Waals surface area contributed by atoms with Crippen LogP contribution in [0.2, 0.25) is 5.15 Å². The number of aromatic nitrogens is 1. The van der Waals surface area contributed by atoms with E-state index in [0.29, 0.717) is 21.1 Å². The Kier molecular flexibility index (Phi) is 2.38. The Bertz CT molecular complexity index is 389. The van der Waals surface area contributed by atoms with E-state index in [1.54, 1.807) is 0 Å². The van der Waals surface area contributed by atoms with Crippen molar-refractivity contribution in [2.45, 2.75) is 19.8 Å². The van der Waals surface area contributed by atoms with E-state index in [0.717, 1.165) is 18.1 Å². The molecule has 5 heteroatoms. The highest BCUT2D eigenvalue weighted by atomic mass is 35.5. The lowest BCUT2D eigenvalue weighted by atomic mass is 10.1. The normalized spacial score (nSPS) is 17.5. The Morgan fingerprint density at radius 2 is 2.43 bits per heavy atom. The van der Waals surface area contributed by atoms with E-state index in [2.05, 4.69) is 22.7 Å². The number of anilines is 1. The van der Waals surface area contributed by atoms with Gasteiger partial charge in [-0.15, -0.1) is 0 Å². The van der Waals surface area contributed by atoms with Crippen LogP contribution in [0.25, 0.3) is 0 Å². The van der Waals surface area contributed by atoms with Crippen molar-refractivity contribution in [2.24, 2.45) is 5.41 Å². The van der Waals surface area contributed by atoms with Crippen LogP contribution in [-0.2, 0) is 0 Å². The second kappa shape index (κ2) is 3.41. The van der Waals surface area contributed by atoms with Gasteiger partial charge in [0.25, 0.3) is 0 Å². The predicted molar refractivity (Wildman–Crippen MR) is 57.7 cm³/mol. The molecule has 0 atom stereocenters. The van der Waals surface area contributed by atoms with Crippen LogP contribution in [0, 0.1) is 16.7 Å². The summed E-state index contributed by atoms with van der Waals surface area (Å²) in [7, 11) is 0. The fraction of sp³-hybridized carbons (Fsp3) is 0.556. The summed E-state index contributed by atoms with van der Waals surface area (Å²) in [5.74, 6) is 0. The van der Waals surface area contributed by atoms with E-state index >= 15 is 0 Å². The van der Waals surface area contributed by atoms with Gasteiger partial charge in [-0.05, 0) is 29.8 Å². The van der Waals surface area contributed by atoms with Crippen molar-refractivity contribution in [3.63, 3.8) is 0 Å². The minimum atomic E-state index is 0.401. The second-order valence-electron chi connectivity index (χ2n) is 3.95. The third-order valence-corrected chi connectivity index (χ3v) is 3.67. The van der Waals surface area contributed by atoms with Crippen LogP contribution in [0.15, 0.2) is 0 Å². The molecule has 1 saturated carbocycles. The summed E-state index contributed by atoms with van der Waals surface area (Å²) in [5, 5.41) is 12.4. The molecule has 1 aromatic heterocycles. The highest BCUT2D eigenvalue weighted by Crippen LogP contribution is 2.45. The van der Waals surface area contributed by atoms with Crippen molar-refractivity contribution in [2.75, 3.05) is 11.9 Å². The maximum Gasteiger partial charge on any atom is 0.167 e. The zero-order valence-electron chi connectivity index (χ0n) is 7.80. The average Bonchev–Trinajstić information content (AvgIpc) is 2.78. The van der Waals surface area contributed by atoms with Gasteiger partial charge in [0.05, 0.1) is 0 Å². The van der Waals surface area contributed by atoms with Gasteiger partial charge in [0.15, 0.2) is 5.15 Å². The zero-order valence-corrected chi connectivity index (χ0v) is 9.37. The topological polar surface area (TPSA) is 48.7 Å². The van der Waals surface area contributed by atoms with Gasteiger partial charge in [-0.25, -0.2) is 0 Å². The highest BCUT2D eigenvalue weighted by Gasteiger charge is 2.37. The molecule has 1 aromatic rings. The van der Waals surface area contributed by atoms with Crippen LogP contribution >= 0.6 is 23.1 Å². The van der Waals surface area contributed by atoms with Crippen molar-refractivity contribution >= 4 is 28.8 Å². The first-order chi connectivity index (χ1) is 6.64. The highest BCUT2D eigenvalue weighted by molar-refractivity contribution is 7.07. The maximum atomic E-state index is 8.80. The third kappa shape index (κ3) is 1.84. The van der Waals surface area contributed by atoms with E-state index in [1.807, 2.05) is 0 Å². The fourth-order valence-corrected chi connectivity index (χ4v) is 2.08. The van der Waals surface area contributed by atoms with Gasteiger partial charge in [-0.1, -0.05) is 18.5 Å². The van der Waals surface area contributed by atoms with Gasteiger partial charge in [0, 0.05) is 6.54 Å². The second-order valence-corrected chi connectivity index (χ2v) is 5.08. The van der Waals surface area contributed by atoms with Gasteiger partial charge in [0.2, 0.25) is 0 Å². The number of nitrogens with zero attached hydrogens (tertiary/aromatic N) is 2. The molecule has 3 nitrogen and oxygen atoms in total. The fourth-order valence-electron chi connectivity index (χ4n) is 1.19. The van der Waals surface area contributed by atoms with E-state index < -0.39 is 0 Å². The summed E-state index contributed by atoms with van der Waals surface area (Å²) in [6.45, 7) is 3.10. The summed E-state index contributed by atoms with van der Waals surface area (Å²) in [6, 6.07) is 2.08. The molecule has 0 bridgehead atoms. The molecule has 1 heterocycles. The predicted octanol–water partition coefficient (Wildman–Crippen LogP) is 2.88. The van der Waals surface area contributed by atoms with Crippen molar-refractivity contribution in [1.29, 1.82) is 5.26 Å². The monoisotopic (exact) mass is 227 g/mol. The van der Waals surface area contributed by atoms with Gasteiger partial charge in [-0.3, -0.25) is 0 Å². The van der Waals surface area contributed by atoms with Crippen molar-refractivity contribution < 1.29 is 0 Å². The molecule has 1 aliphatic carbocycles. The first kappa shape index (κ1) is 9.75. The van der Waals surface area contributed by atoms with Gasteiger partial charge < -0.3 is 5.32 Å². The van der Waals surface area contributed by atoms with Crippen molar-refractivity contribution in [3.05, 3.63) is 10.0 Å². The first-order valence-electron chi connectivity index (χ1n) is 4.44. The molecular weight excluding hydrogens is 218 g/mol. The number of halogens is 1. The largest absolute Gasteiger partial charge is 0.380 e. The number of hydrogen-bond acceptors (Lipinski definition) is 4. The molecule has 1 aliphatic rings. The maximum absolute atomic E-state index is 8.80. The molecule has 0 aromatic carbocycles. The minimum Gasteiger partial charge on any atom is -0.380 e. The lowest BCUT2D eigenvalue weighted by molar-refractivity contribution is 0.611.